The van der Waals surface area contributed by atoms with E-state index in [1.165, 1.54) is 0 Å². The summed E-state index contributed by atoms with van der Waals surface area (Å²) in [4.78, 5) is 23.2. The molecule has 4 N–H and O–H groups in total. The zero-order valence-corrected chi connectivity index (χ0v) is 11.0. The van der Waals surface area contributed by atoms with E-state index in [1.807, 2.05) is 0 Å². The van der Waals surface area contributed by atoms with Crippen molar-refractivity contribution in [3.63, 3.8) is 0 Å². The Morgan fingerprint density at radius 2 is 2.16 bits per heavy atom. The van der Waals surface area contributed by atoms with E-state index in [9.17, 15) is 9.59 Å². The maximum absolute atomic E-state index is 12.1. The Labute approximate surface area is 112 Å². The molecule has 1 fully saturated rings. The Morgan fingerprint density at radius 3 is 2.84 bits per heavy atom. The van der Waals surface area contributed by atoms with Gasteiger partial charge in [0, 0.05) is 17.3 Å². The minimum Gasteiger partial charge on any atom is -0.366 e. The number of piperidine rings is 1. The van der Waals surface area contributed by atoms with E-state index in [1.54, 1.807) is 24.3 Å². The van der Waals surface area contributed by atoms with Gasteiger partial charge in [-0.05, 0) is 44.4 Å². The number of carbonyl (C=O) groups is 2. The van der Waals surface area contributed by atoms with Crippen LogP contribution in [-0.2, 0) is 4.79 Å². The first-order valence-electron chi connectivity index (χ1n) is 6.53. The maximum Gasteiger partial charge on any atom is 0.248 e. The number of amides is 2. The fourth-order valence-corrected chi connectivity index (χ4v) is 2.32. The van der Waals surface area contributed by atoms with Crippen LogP contribution in [0.15, 0.2) is 24.3 Å². The van der Waals surface area contributed by atoms with E-state index in [0.29, 0.717) is 17.3 Å². The molecule has 1 aromatic rings. The second-order valence-electron chi connectivity index (χ2n) is 4.99. The average Bonchev–Trinajstić information content (AvgIpc) is 2.39. The Hall–Kier alpha value is -1.88. The third-order valence-corrected chi connectivity index (χ3v) is 3.35. The molecule has 5 heteroatoms. The molecule has 1 aliphatic heterocycles. The van der Waals surface area contributed by atoms with E-state index in [0.717, 1.165) is 19.3 Å². The van der Waals surface area contributed by atoms with Gasteiger partial charge in [-0.25, -0.2) is 0 Å². The summed E-state index contributed by atoms with van der Waals surface area (Å²) in [6, 6.07) is 6.86. The third-order valence-electron chi connectivity index (χ3n) is 3.35. The molecule has 1 saturated heterocycles. The molecule has 102 valence electrons. The van der Waals surface area contributed by atoms with Crippen LogP contribution in [0.3, 0.4) is 0 Å². The number of nitrogens with one attached hydrogen (secondary N) is 2. The van der Waals surface area contributed by atoms with Gasteiger partial charge in [-0.1, -0.05) is 6.07 Å². The average molecular weight is 261 g/mol. The largest absolute Gasteiger partial charge is 0.366 e. The van der Waals surface area contributed by atoms with E-state index >= 15 is 0 Å². The number of anilines is 1. The van der Waals surface area contributed by atoms with Crippen molar-refractivity contribution in [2.24, 2.45) is 5.73 Å². The highest BCUT2D eigenvalue weighted by atomic mass is 16.2. The predicted octanol–water partition coefficient (Wildman–Crippen LogP) is 1.25. The summed E-state index contributed by atoms with van der Waals surface area (Å²) in [5, 5.41) is 6.09. The van der Waals surface area contributed by atoms with Crippen molar-refractivity contribution in [2.75, 3.05) is 5.32 Å². The summed E-state index contributed by atoms with van der Waals surface area (Å²) in [7, 11) is 0. The number of primary amides is 1. The van der Waals surface area contributed by atoms with Gasteiger partial charge in [0.05, 0.1) is 6.04 Å². The highest BCUT2D eigenvalue weighted by Gasteiger charge is 2.24. The van der Waals surface area contributed by atoms with Crippen LogP contribution in [0.4, 0.5) is 5.69 Å². The minimum absolute atomic E-state index is 0.0619. The van der Waals surface area contributed by atoms with Crippen LogP contribution >= 0.6 is 0 Å². The van der Waals surface area contributed by atoms with Crippen molar-refractivity contribution < 1.29 is 9.59 Å². The molecule has 2 unspecified atom stereocenters. The van der Waals surface area contributed by atoms with Crippen LogP contribution < -0.4 is 16.4 Å². The van der Waals surface area contributed by atoms with Gasteiger partial charge in [0.1, 0.15) is 0 Å². The molecular formula is C14H19N3O2. The highest BCUT2D eigenvalue weighted by molar-refractivity contribution is 5.98. The molecule has 19 heavy (non-hydrogen) atoms. The molecule has 0 bridgehead atoms. The summed E-state index contributed by atoms with van der Waals surface area (Å²) in [6.45, 7) is 2.08. The van der Waals surface area contributed by atoms with E-state index in [4.69, 9.17) is 5.73 Å². The number of nitrogens with two attached hydrogens (primary N) is 1. The van der Waals surface area contributed by atoms with Crippen molar-refractivity contribution >= 4 is 17.5 Å². The molecule has 2 rings (SSSR count). The van der Waals surface area contributed by atoms with Crippen molar-refractivity contribution in [3.8, 4) is 0 Å². The fourth-order valence-electron chi connectivity index (χ4n) is 2.32. The summed E-state index contributed by atoms with van der Waals surface area (Å²) >= 11 is 0. The van der Waals surface area contributed by atoms with Crippen LogP contribution in [0, 0.1) is 0 Å². The molecule has 1 aliphatic rings. The van der Waals surface area contributed by atoms with Gasteiger partial charge in [-0.3, -0.25) is 9.59 Å². The molecule has 0 spiro atoms. The molecule has 5 nitrogen and oxygen atoms in total. The van der Waals surface area contributed by atoms with Gasteiger partial charge in [0.25, 0.3) is 0 Å². The van der Waals surface area contributed by atoms with Crippen LogP contribution in [0.1, 0.15) is 36.5 Å². The summed E-state index contributed by atoms with van der Waals surface area (Å²) < 4.78 is 0. The Bertz CT molecular complexity index is 487. The molecule has 0 aromatic heterocycles. The predicted molar refractivity (Wildman–Crippen MR) is 73.8 cm³/mol. The van der Waals surface area contributed by atoms with Crippen molar-refractivity contribution in [1.29, 1.82) is 0 Å². The van der Waals surface area contributed by atoms with Crippen LogP contribution in [0.5, 0.6) is 0 Å². The SMILES string of the molecule is CC1CCCC(C(=O)Nc2cccc(C(N)=O)c2)N1. The van der Waals surface area contributed by atoms with Gasteiger partial charge < -0.3 is 16.4 Å². The number of benzene rings is 1. The topological polar surface area (TPSA) is 84.2 Å². The van der Waals surface area contributed by atoms with Crippen LogP contribution in [0.25, 0.3) is 0 Å². The van der Waals surface area contributed by atoms with Gasteiger partial charge in [0.15, 0.2) is 0 Å². The quantitative estimate of drug-likeness (QED) is 0.765. The van der Waals surface area contributed by atoms with Crippen LogP contribution in [0.2, 0.25) is 0 Å². The number of carbonyl (C=O) groups excluding carboxylic acids is 2. The highest BCUT2D eigenvalue weighted by Crippen LogP contribution is 2.15. The molecule has 2 atom stereocenters. The Morgan fingerprint density at radius 1 is 1.37 bits per heavy atom. The number of rotatable bonds is 3. The van der Waals surface area contributed by atoms with Gasteiger partial charge >= 0.3 is 0 Å². The molecule has 1 heterocycles. The fraction of sp³-hybridized carbons (Fsp3) is 0.429. The maximum atomic E-state index is 12.1. The first-order valence-corrected chi connectivity index (χ1v) is 6.53. The van der Waals surface area contributed by atoms with Gasteiger partial charge in [-0.2, -0.15) is 0 Å². The minimum atomic E-state index is -0.500. The van der Waals surface area contributed by atoms with E-state index in [-0.39, 0.29) is 11.9 Å². The van der Waals surface area contributed by atoms with Crippen LogP contribution in [-0.4, -0.2) is 23.9 Å². The molecule has 0 radical (unpaired) electrons. The molecule has 1 aromatic carbocycles. The molecule has 0 aliphatic carbocycles. The smallest absolute Gasteiger partial charge is 0.248 e. The standard InChI is InChI=1S/C14H19N3O2/c1-9-4-2-7-12(16-9)14(19)17-11-6-3-5-10(8-11)13(15)18/h3,5-6,8-9,12,16H,2,4,7H2,1H3,(H2,15,18)(H,17,19). The lowest BCUT2D eigenvalue weighted by Gasteiger charge is -2.27. The third kappa shape index (κ3) is 3.54. The lowest BCUT2D eigenvalue weighted by molar-refractivity contribution is -0.118. The number of hydrogen-bond donors (Lipinski definition) is 3. The molecule has 0 saturated carbocycles. The van der Waals surface area contributed by atoms with Crippen molar-refractivity contribution in [2.45, 2.75) is 38.3 Å². The first-order chi connectivity index (χ1) is 9.06. The van der Waals surface area contributed by atoms with E-state index < -0.39 is 5.91 Å². The van der Waals surface area contributed by atoms with E-state index in [2.05, 4.69) is 17.6 Å². The summed E-state index contributed by atoms with van der Waals surface area (Å²) in [6.07, 6.45) is 2.99. The molecular weight excluding hydrogens is 242 g/mol. The van der Waals surface area contributed by atoms with Gasteiger partial charge in [-0.15, -0.1) is 0 Å². The second kappa shape index (κ2) is 5.84. The monoisotopic (exact) mass is 261 g/mol. The molecule has 2 amide bonds. The number of hydrogen-bond acceptors (Lipinski definition) is 3. The van der Waals surface area contributed by atoms with Crippen molar-refractivity contribution in [1.82, 2.24) is 5.32 Å². The zero-order valence-electron chi connectivity index (χ0n) is 11.0. The normalized spacial score (nSPS) is 22.8. The summed E-state index contributed by atoms with van der Waals surface area (Å²) in [5.41, 5.74) is 6.20. The first kappa shape index (κ1) is 13.5. The summed E-state index contributed by atoms with van der Waals surface area (Å²) in [5.74, 6) is -0.561. The Balaban J connectivity index is 2.02. The van der Waals surface area contributed by atoms with Crippen molar-refractivity contribution in [3.05, 3.63) is 29.8 Å². The second-order valence-corrected chi connectivity index (χ2v) is 4.99. The zero-order chi connectivity index (χ0) is 13.8. The van der Waals surface area contributed by atoms with Gasteiger partial charge in [0.2, 0.25) is 11.8 Å². The Kier molecular flexibility index (Phi) is 4.16. The lowest BCUT2D eigenvalue weighted by Crippen LogP contribution is -2.47. The lowest BCUT2D eigenvalue weighted by atomic mass is 9.99.